The number of nitrogens with zero attached hydrogens (tertiary/aromatic N) is 2. The van der Waals surface area contributed by atoms with E-state index in [0.717, 1.165) is 11.1 Å². The summed E-state index contributed by atoms with van der Waals surface area (Å²) in [5, 5.41) is 2.54. The fraction of sp³-hybridized carbons (Fsp3) is 0.207. The normalized spacial score (nSPS) is 13.2. The summed E-state index contributed by atoms with van der Waals surface area (Å²) >= 11 is 0. The zero-order valence-electron chi connectivity index (χ0n) is 20.9. The molecule has 1 fully saturated rings. The first kappa shape index (κ1) is 25.6. The van der Waals surface area contributed by atoms with E-state index in [4.69, 9.17) is 4.74 Å². The molecule has 0 aliphatic heterocycles. The van der Waals surface area contributed by atoms with Crippen LogP contribution in [0.1, 0.15) is 40.0 Å². The number of ether oxygens (including phenoxy) is 1. The molecule has 1 heterocycles. The van der Waals surface area contributed by atoms with Crippen LogP contribution < -0.4 is 10.0 Å². The highest BCUT2D eigenvalue weighted by Gasteiger charge is 2.36. The average Bonchev–Trinajstić information content (AvgIpc) is 3.78. The van der Waals surface area contributed by atoms with E-state index in [1.807, 2.05) is 54.6 Å². The van der Waals surface area contributed by atoms with Crippen LogP contribution in [0.25, 0.3) is 11.3 Å². The van der Waals surface area contributed by atoms with E-state index in [0.29, 0.717) is 54.3 Å². The number of amides is 1. The summed E-state index contributed by atoms with van der Waals surface area (Å²) in [4.78, 5) is 21.7. The van der Waals surface area contributed by atoms with Crippen LogP contribution in [0.4, 0.5) is 11.5 Å². The van der Waals surface area contributed by atoms with Crippen LogP contribution in [0.15, 0.2) is 85.1 Å². The molecule has 1 aliphatic carbocycles. The highest BCUT2D eigenvalue weighted by Crippen LogP contribution is 2.30. The van der Waals surface area contributed by atoms with E-state index in [1.165, 1.54) is 0 Å². The number of aryl methyl sites for hydroxylation is 1. The summed E-state index contributed by atoms with van der Waals surface area (Å²) in [5.41, 5.74) is 4.85. The number of hydrogen-bond donors (Lipinski definition) is 2. The van der Waals surface area contributed by atoms with Gasteiger partial charge in [0.25, 0.3) is 5.91 Å². The van der Waals surface area contributed by atoms with E-state index in [9.17, 15) is 13.2 Å². The fourth-order valence-electron chi connectivity index (χ4n) is 3.85. The Bertz CT molecular complexity index is 1540. The van der Waals surface area contributed by atoms with Crippen LogP contribution in [0.5, 0.6) is 0 Å². The quantitative estimate of drug-likeness (QED) is 0.288. The van der Waals surface area contributed by atoms with Gasteiger partial charge in [0.2, 0.25) is 10.0 Å². The van der Waals surface area contributed by atoms with Crippen LogP contribution in [-0.4, -0.2) is 29.5 Å². The minimum absolute atomic E-state index is 0.206. The Hall–Kier alpha value is -4.08. The number of rotatable bonds is 10. The minimum Gasteiger partial charge on any atom is -0.372 e. The molecule has 5 rings (SSSR count). The largest absolute Gasteiger partial charge is 0.372 e. The van der Waals surface area contributed by atoms with E-state index in [2.05, 4.69) is 20.0 Å². The van der Waals surface area contributed by atoms with Crippen LogP contribution in [0.3, 0.4) is 0 Å². The molecule has 0 unspecified atom stereocenters. The summed E-state index contributed by atoms with van der Waals surface area (Å²) in [5.74, 6) is -0.0632. The topological polar surface area (TPSA) is 110 Å². The number of benzene rings is 3. The number of aromatic nitrogens is 2. The van der Waals surface area contributed by atoms with Gasteiger partial charge in [0.05, 0.1) is 36.0 Å². The Balaban J connectivity index is 1.22. The van der Waals surface area contributed by atoms with Crippen molar-refractivity contribution in [2.45, 2.75) is 38.2 Å². The molecule has 1 saturated carbocycles. The summed E-state index contributed by atoms with van der Waals surface area (Å²) in [6, 6.07) is 24.5. The van der Waals surface area contributed by atoms with Gasteiger partial charge in [-0.2, -0.15) is 0 Å². The number of hydrogen-bond acceptors (Lipinski definition) is 6. The van der Waals surface area contributed by atoms with Crippen molar-refractivity contribution in [2.75, 3.05) is 10.0 Å². The molecule has 0 spiro atoms. The predicted molar refractivity (Wildman–Crippen MR) is 147 cm³/mol. The number of nitrogens with one attached hydrogen (secondary N) is 2. The SMILES string of the molecule is Cc1ncc(-c2cccc(C(=O)Nc3ccc(COCc4ccccc4)cc3)c2)nc1NS(=O)(=O)C1CC1. The molecule has 1 aliphatic rings. The zero-order valence-corrected chi connectivity index (χ0v) is 21.7. The van der Waals surface area contributed by atoms with Gasteiger partial charge in [0.1, 0.15) is 0 Å². The second-order valence-corrected chi connectivity index (χ2v) is 11.2. The smallest absolute Gasteiger partial charge is 0.255 e. The lowest BCUT2D eigenvalue weighted by Crippen LogP contribution is -2.19. The van der Waals surface area contributed by atoms with Gasteiger partial charge >= 0.3 is 0 Å². The van der Waals surface area contributed by atoms with Crippen molar-refractivity contribution < 1.29 is 17.9 Å². The number of carbonyl (C=O) groups excluding carboxylic acids is 1. The summed E-state index contributed by atoms with van der Waals surface area (Å²) in [6.07, 6.45) is 2.88. The number of sulfonamides is 1. The minimum atomic E-state index is -3.46. The van der Waals surface area contributed by atoms with Crippen molar-refractivity contribution in [3.05, 3.63) is 107 Å². The number of anilines is 2. The highest BCUT2D eigenvalue weighted by atomic mass is 32.2. The van der Waals surface area contributed by atoms with Gasteiger partial charge in [-0.1, -0.05) is 54.6 Å². The highest BCUT2D eigenvalue weighted by molar-refractivity contribution is 7.93. The molecule has 0 bridgehead atoms. The van der Waals surface area contributed by atoms with Crippen LogP contribution in [0.2, 0.25) is 0 Å². The van der Waals surface area contributed by atoms with Crippen molar-refractivity contribution in [2.24, 2.45) is 0 Å². The van der Waals surface area contributed by atoms with E-state index < -0.39 is 10.0 Å². The third-order valence-corrected chi connectivity index (χ3v) is 8.00. The van der Waals surface area contributed by atoms with Crippen molar-refractivity contribution in [3.8, 4) is 11.3 Å². The molecule has 0 radical (unpaired) electrons. The molecule has 2 N–H and O–H groups in total. The van der Waals surface area contributed by atoms with E-state index >= 15 is 0 Å². The standard InChI is InChI=1S/C29H28N4O4S/c1-20-28(33-38(35,36)26-14-15-26)32-27(17-30-20)23-8-5-9-24(16-23)29(34)31-25-12-10-22(11-13-25)19-37-18-21-6-3-2-4-7-21/h2-13,16-17,26H,14-15,18-19H2,1H3,(H,31,34)(H,32,33). The van der Waals surface area contributed by atoms with Crippen molar-refractivity contribution >= 4 is 27.4 Å². The molecule has 8 nitrogen and oxygen atoms in total. The molecule has 0 saturated heterocycles. The molecule has 1 aromatic heterocycles. The molecule has 0 atom stereocenters. The Labute approximate surface area is 222 Å². The Morgan fingerprint density at radius 3 is 2.37 bits per heavy atom. The van der Waals surface area contributed by atoms with Crippen LogP contribution >= 0.6 is 0 Å². The second kappa shape index (κ2) is 11.1. The van der Waals surface area contributed by atoms with Gasteiger partial charge in [-0.3, -0.25) is 14.5 Å². The van der Waals surface area contributed by atoms with Gasteiger partial charge in [-0.15, -0.1) is 0 Å². The molecule has 1 amide bonds. The van der Waals surface area contributed by atoms with Gasteiger partial charge in [0, 0.05) is 16.8 Å². The zero-order chi connectivity index (χ0) is 26.5. The first-order chi connectivity index (χ1) is 18.4. The lowest BCUT2D eigenvalue weighted by molar-refractivity contribution is 0.102. The van der Waals surface area contributed by atoms with E-state index in [-0.39, 0.29) is 17.0 Å². The predicted octanol–water partition coefficient (Wildman–Crippen LogP) is 5.33. The first-order valence-corrected chi connectivity index (χ1v) is 13.9. The monoisotopic (exact) mass is 528 g/mol. The summed E-state index contributed by atoms with van der Waals surface area (Å²) < 4.78 is 33.1. The van der Waals surface area contributed by atoms with Crippen molar-refractivity contribution in [1.82, 2.24) is 9.97 Å². The average molecular weight is 529 g/mol. The Morgan fingerprint density at radius 1 is 0.947 bits per heavy atom. The maximum absolute atomic E-state index is 12.9. The molecule has 3 aromatic carbocycles. The van der Waals surface area contributed by atoms with Gasteiger partial charge in [-0.05, 0) is 55.2 Å². The summed E-state index contributed by atoms with van der Waals surface area (Å²) in [7, 11) is -3.46. The molecular weight excluding hydrogens is 500 g/mol. The van der Waals surface area contributed by atoms with E-state index in [1.54, 1.807) is 37.4 Å². The van der Waals surface area contributed by atoms with Gasteiger partial charge in [-0.25, -0.2) is 13.4 Å². The molecular formula is C29H28N4O4S. The number of carbonyl (C=O) groups is 1. The lowest BCUT2D eigenvalue weighted by atomic mass is 10.1. The molecule has 4 aromatic rings. The fourth-order valence-corrected chi connectivity index (χ4v) is 5.24. The van der Waals surface area contributed by atoms with Gasteiger partial charge < -0.3 is 10.1 Å². The van der Waals surface area contributed by atoms with Crippen LogP contribution in [-0.2, 0) is 28.0 Å². The Morgan fingerprint density at radius 2 is 1.66 bits per heavy atom. The summed E-state index contributed by atoms with van der Waals surface area (Å²) in [6.45, 7) is 2.71. The molecule has 38 heavy (non-hydrogen) atoms. The van der Waals surface area contributed by atoms with Crippen LogP contribution in [0, 0.1) is 6.92 Å². The first-order valence-electron chi connectivity index (χ1n) is 12.3. The van der Waals surface area contributed by atoms with Crippen molar-refractivity contribution in [1.29, 1.82) is 0 Å². The second-order valence-electron chi connectivity index (χ2n) is 9.25. The maximum Gasteiger partial charge on any atom is 0.255 e. The molecule has 194 valence electrons. The third kappa shape index (κ3) is 6.42. The lowest BCUT2D eigenvalue weighted by Gasteiger charge is -2.11. The van der Waals surface area contributed by atoms with Gasteiger partial charge in [0.15, 0.2) is 5.82 Å². The third-order valence-electron chi connectivity index (χ3n) is 6.17. The molecule has 9 heteroatoms. The van der Waals surface area contributed by atoms with Crippen molar-refractivity contribution in [3.63, 3.8) is 0 Å². The Kier molecular flexibility index (Phi) is 7.48. The maximum atomic E-state index is 12.9.